The zero-order valence-corrected chi connectivity index (χ0v) is 11.5. The lowest BCUT2D eigenvalue weighted by Crippen LogP contribution is -2.17. The van der Waals surface area contributed by atoms with E-state index in [1.807, 2.05) is 26.8 Å². The lowest BCUT2D eigenvalue weighted by Gasteiger charge is -2.10. The van der Waals surface area contributed by atoms with E-state index in [2.05, 4.69) is 9.72 Å². The monoisotopic (exact) mass is 283 g/mol. The third-order valence-electron chi connectivity index (χ3n) is 2.35. The number of ether oxygens (including phenoxy) is 1. The van der Waals surface area contributed by atoms with E-state index in [0.29, 0.717) is 11.3 Å². The Hall–Kier alpha value is -2.04. The molecule has 1 aromatic heterocycles. The van der Waals surface area contributed by atoms with E-state index in [9.17, 15) is 13.2 Å². The Morgan fingerprint density at radius 1 is 1.05 bits per heavy atom. The van der Waals surface area contributed by atoms with Gasteiger partial charge in [0.15, 0.2) is 0 Å². The van der Waals surface area contributed by atoms with Gasteiger partial charge in [-0.25, -0.2) is 0 Å². The van der Waals surface area contributed by atoms with Gasteiger partial charge in [-0.15, -0.1) is 13.2 Å². The number of benzene rings is 1. The Kier molecular flexibility index (Phi) is 5.55. The van der Waals surface area contributed by atoms with Crippen molar-refractivity contribution < 1.29 is 17.9 Å². The number of rotatable bonds is 2. The first-order valence-corrected chi connectivity index (χ1v) is 6.23. The van der Waals surface area contributed by atoms with E-state index in [4.69, 9.17) is 0 Å². The van der Waals surface area contributed by atoms with Gasteiger partial charge in [-0.3, -0.25) is 4.98 Å². The molecule has 0 spiro atoms. The highest BCUT2D eigenvalue weighted by Gasteiger charge is 2.31. The molecule has 5 heteroatoms. The largest absolute Gasteiger partial charge is 0.573 e. The topological polar surface area (TPSA) is 22.1 Å². The Morgan fingerprint density at radius 2 is 1.75 bits per heavy atom. The fourth-order valence-corrected chi connectivity index (χ4v) is 1.63. The van der Waals surface area contributed by atoms with Crippen LogP contribution in [0, 0.1) is 6.92 Å². The van der Waals surface area contributed by atoms with Crippen LogP contribution in [0.2, 0.25) is 0 Å². The normalized spacial score (nSPS) is 10.5. The Balaban J connectivity index is 0.000000956. The fourth-order valence-electron chi connectivity index (χ4n) is 1.63. The van der Waals surface area contributed by atoms with Crippen LogP contribution < -0.4 is 4.74 Å². The first-order chi connectivity index (χ1) is 9.46. The molecule has 1 aromatic carbocycles. The van der Waals surface area contributed by atoms with E-state index in [-0.39, 0.29) is 5.75 Å². The van der Waals surface area contributed by atoms with Gasteiger partial charge in [0.05, 0.1) is 5.69 Å². The molecule has 0 fully saturated rings. The predicted molar refractivity (Wildman–Crippen MR) is 72.4 cm³/mol. The zero-order valence-electron chi connectivity index (χ0n) is 11.5. The van der Waals surface area contributed by atoms with Crippen molar-refractivity contribution >= 4 is 0 Å². The van der Waals surface area contributed by atoms with Gasteiger partial charge in [-0.2, -0.15) is 0 Å². The maximum Gasteiger partial charge on any atom is 0.573 e. The molecule has 0 amide bonds. The minimum Gasteiger partial charge on any atom is -0.406 e. The number of hydrogen-bond acceptors (Lipinski definition) is 2. The highest BCUT2D eigenvalue weighted by Crippen LogP contribution is 2.28. The van der Waals surface area contributed by atoms with E-state index >= 15 is 0 Å². The molecule has 0 aliphatic carbocycles. The van der Waals surface area contributed by atoms with Crippen LogP contribution in [0.4, 0.5) is 13.2 Å². The summed E-state index contributed by atoms with van der Waals surface area (Å²) in [5, 5.41) is 0. The fraction of sp³-hybridized carbons (Fsp3) is 0.267. The molecular formula is C15H16F3NO. The standard InChI is InChI=1S/C13H10F3NO.C2H6/c1-9-4-3-7-17-12(9)10-5-2-6-11(8-10)18-13(14,15)16;1-2/h2-8H,1H3;1-2H3. The second-order valence-corrected chi connectivity index (χ2v) is 3.74. The van der Waals surface area contributed by atoms with Gasteiger partial charge in [-0.05, 0) is 30.7 Å². The number of nitrogens with zero attached hydrogens (tertiary/aromatic N) is 1. The van der Waals surface area contributed by atoms with Crippen molar-refractivity contribution in [1.82, 2.24) is 4.98 Å². The van der Waals surface area contributed by atoms with Crippen LogP contribution in [0.1, 0.15) is 19.4 Å². The summed E-state index contributed by atoms with van der Waals surface area (Å²) in [6.45, 7) is 5.85. The molecule has 2 nitrogen and oxygen atoms in total. The average molecular weight is 283 g/mol. The van der Waals surface area contributed by atoms with Crippen molar-refractivity contribution in [3.63, 3.8) is 0 Å². The van der Waals surface area contributed by atoms with E-state index in [0.717, 1.165) is 5.56 Å². The second kappa shape index (κ2) is 6.93. The van der Waals surface area contributed by atoms with Crippen LogP contribution in [-0.2, 0) is 0 Å². The maximum absolute atomic E-state index is 12.1. The van der Waals surface area contributed by atoms with Crippen LogP contribution in [-0.4, -0.2) is 11.3 Å². The SMILES string of the molecule is CC.Cc1cccnc1-c1cccc(OC(F)(F)F)c1. The van der Waals surface area contributed by atoms with Gasteiger partial charge in [0.2, 0.25) is 0 Å². The van der Waals surface area contributed by atoms with Crippen LogP contribution in [0.3, 0.4) is 0 Å². The smallest absolute Gasteiger partial charge is 0.406 e. The molecule has 0 aliphatic heterocycles. The summed E-state index contributed by atoms with van der Waals surface area (Å²) in [6, 6.07) is 9.40. The average Bonchev–Trinajstić information content (AvgIpc) is 2.40. The van der Waals surface area contributed by atoms with Crippen molar-refractivity contribution in [3.05, 3.63) is 48.2 Å². The molecule has 0 bridgehead atoms. The lowest BCUT2D eigenvalue weighted by molar-refractivity contribution is -0.274. The van der Waals surface area contributed by atoms with Gasteiger partial charge in [0.1, 0.15) is 5.75 Å². The van der Waals surface area contributed by atoms with Gasteiger partial charge >= 0.3 is 6.36 Å². The molecule has 20 heavy (non-hydrogen) atoms. The third-order valence-corrected chi connectivity index (χ3v) is 2.35. The van der Waals surface area contributed by atoms with Crippen LogP contribution in [0.15, 0.2) is 42.6 Å². The molecule has 0 N–H and O–H groups in total. The maximum atomic E-state index is 12.1. The Labute approximate surface area is 116 Å². The number of alkyl halides is 3. The van der Waals surface area contributed by atoms with Gasteiger partial charge in [0, 0.05) is 11.8 Å². The van der Waals surface area contributed by atoms with Gasteiger partial charge < -0.3 is 4.74 Å². The second-order valence-electron chi connectivity index (χ2n) is 3.74. The summed E-state index contributed by atoms with van der Waals surface area (Å²) >= 11 is 0. The number of pyridine rings is 1. The predicted octanol–water partition coefficient (Wildman–Crippen LogP) is 4.98. The number of aromatic nitrogens is 1. The summed E-state index contributed by atoms with van der Waals surface area (Å²) in [5.74, 6) is -0.245. The van der Waals surface area contributed by atoms with Gasteiger partial charge in [-0.1, -0.05) is 32.0 Å². The van der Waals surface area contributed by atoms with Crippen LogP contribution in [0.25, 0.3) is 11.3 Å². The Bertz CT molecular complexity index is 553. The first-order valence-electron chi connectivity index (χ1n) is 6.23. The summed E-state index contributed by atoms with van der Waals surface area (Å²) in [6.07, 6.45) is -3.09. The number of hydrogen-bond donors (Lipinski definition) is 0. The first kappa shape index (κ1) is 16.0. The molecule has 2 rings (SSSR count). The van der Waals surface area contributed by atoms with E-state index in [1.54, 1.807) is 18.3 Å². The highest BCUT2D eigenvalue weighted by atomic mass is 19.4. The van der Waals surface area contributed by atoms with E-state index in [1.165, 1.54) is 18.2 Å². The van der Waals surface area contributed by atoms with Crippen molar-refractivity contribution in [2.45, 2.75) is 27.1 Å². The molecule has 0 atom stereocenters. The third kappa shape index (κ3) is 4.57. The Morgan fingerprint density at radius 3 is 2.35 bits per heavy atom. The van der Waals surface area contributed by atoms with E-state index < -0.39 is 6.36 Å². The molecule has 0 saturated heterocycles. The van der Waals surface area contributed by atoms with Gasteiger partial charge in [0.25, 0.3) is 0 Å². The summed E-state index contributed by atoms with van der Waals surface area (Å²) < 4.78 is 40.2. The summed E-state index contributed by atoms with van der Waals surface area (Å²) in [7, 11) is 0. The quantitative estimate of drug-likeness (QED) is 0.775. The minimum absolute atomic E-state index is 0.245. The number of aryl methyl sites for hydroxylation is 1. The molecule has 0 unspecified atom stereocenters. The van der Waals surface area contributed by atoms with Crippen molar-refractivity contribution in [3.8, 4) is 17.0 Å². The molecule has 0 saturated carbocycles. The zero-order chi connectivity index (χ0) is 15.2. The van der Waals surface area contributed by atoms with Crippen LogP contribution >= 0.6 is 0 Å². The van der Waals surface area contributed by atoms with Crippen LogP contribution in [0.5, 0.6) is 5.75 Å². The minimum atomic E-state index is -4.68. The molecule has 2 aromatic rings. The van der Waals surface area contributed by atoms with Crippen molar-refractivity contribution in [1.29, 1.82) is 0 Å². The highest BCUT2D eigenvalue weighted by molar-refractivity contribution is 5.64. The molecule has 0 radical (unpaired) electrons. The summed E-state index contributed by atoms with van der Waals surface area (Å²) in [5.41, 5.74) is 2.13. The molecule has 0 aliphatic rings. The molecule has 1 heterocycles. The molecular weight excluding hydrogens is 267 g/mol. The van der Waals surface area contributed by atoms with Crippen molar-refractivity contribution in [2.75, 3.05) is 0 Å². The molecule has 108 valence electrons. The summed E-state index contributed by atoms with van der Waals surface area (Å²) in [4.78, 5) is 4.15. The number of halogens is 3. The van der Waals surface area contributed by atoms with Crippen molar-refractivity contribution in [2.24, 2.45) is 0 Å². The lowest BCUT2D eigenvalue weighted by atomic mass is 10.1.